The number of nitrogens with one attached hydrogen (secondary N) is 1. The Balaban J connectivity index is 2.11. The van der Waals surface area contributed by atoms with Gasteiger partial charge in [0.1, 0.15) is 0 Å². The quantitative estimate of drug-likeness (QED) is 0.724. The molecule has 2 bridgehead atoms. The minimum atomic E-state index is 0.434. The average Bonchev–Trinajstić information content (AvgIpc) is 2.33. The summed E-state index contributed by atoms with van der Waals surface area (Å²) in [7, 11) is 0. The van der Waals surface area contributed by atoms with Crippen molar-refractivity contribution in [1.82, 2.24) is 10.2 Å². The second kappa shape index (κ2) is 4.11. The molecule has 0 amide bonds. The van der Waals surface area contributed by atoms with Crippen molar-refractivity contribution in [3.05, 3.63) is 0 Å². The molecule has 1 saturated heterocycles. The number of hydrogen-bond donors (Lipinski definition) is 1. The summed E-state index contributed by atoms with van der Waals surface area (Å²) in [4.78, 5) is 2.45. The first-order valence-corrected chi connectivity index (χ1v) is 7.19. The van der Waals surface area contributed by atoms with E-state index in [4.69, 9.17) is 12.2 Å². The van der Waals surface area contributed by atoms with Crippen LogP contribution in [0.4, 0.5) is 0 Å². The van der Waals surface area contributed by atoms with E-state index < -0.39 is 0 Å². The van der Waals surface area contributed by atoms with Gasteiger partial charge in [-0.25, -0.2) is 0 Å². The Bertz CT molecular complexity index is 324. The van der Waals surface area contributed by atoms with Crippen molar-refractivity contribution in [3.63, 3.8) is 0 Å². The van der Waals surface area contributed by atoms with Gasteiger partial charge < -0.3 is 10.2 Å². The van der Waals surface area contributed by atoms with E-state index in [1.54, 1.807) is 0 Å². The first-order chi connectivity index (χ1) is 7.71. The van der Waals surface area contributed by atoms with Crippen LogP contribution in [0, 0.1) is 10.8 Å². The maximum absolute atomic E-state index is 5.55. The Morgan fingerprint density at radius 2 is 1.94 bits per heavy atom. The Morgan fingerprint density at radius 1 is 1.29 bits per heavy atom. The predicted molar refractivity (Wildman–Crippen MR) is 77.1 cm³/mol. The van der Waals surface area contributed by atoms with E-state index in [1.165, 1.54) is 19.3 Å². The summed E-state index contributed by atoms with van der Waals surface area (Å²) in [5.74, 6) is 0. The second-order valence-corrected chi connectivity index (χ2v) is 7.83. The molecular weight excluding hydrogens is 228 g/mol. The molecule has 17 heavy (non-hydrogen) atoms. The number of thiocarbonyl (C=S) groups is 1. The summed E-state index contributed by atoms with van der Waals surface area (Å²) >= 11 is 5.55. The summed E-state index contributed by atoms with van der Waals surface area (Å²) in [6, 6.07) is 1.09. The highest BCUT2D eigenvalue weighted by molar-refractivity contribution is 7.80. The average molecular weight is 254 g/mol. The highest BCUT2D eigenvalue weighted by atomic mass is 32.1. The smallest absolute Gasteiger partial charge is 0.169 e. The van der Waals surface area contributed by atoms with Crippen LogP contribution in [0.1, 0.15) is 53.9 Å². The van der Waals surface area contributed by atoms with Gasteiger partial charge in [-0.1, -0.05) is 20.8 Å². The van der Waals surface area contributed by atoms with Crippen LogP contribution in [0.25, 0.3) is 0 Å². The second-order valence-electron chi connectivity index (χ2n) is 7.45. The van der Waals surface area contributed by atoms with Gasteiger partial charge in [0.05, 0.1) is 0 Å². The van der Waals surface area contributed by atoms with E-state index in [-0.39, 0.29) is 0 Å². The summed E-state index contributed by atoms with van der Waals surface area (Å²) in [6.45, 7) is 12.7. The number of likely N-dealkylation sites (tertiary alicyclic amines) is 1. The number of fused-ring (bicyclic) bond motifs is 2. The molecule has 0 spiro atoms. The van der Waals surface area contributed by atoms with Gasteiger partial charge in [0.25, 0.3) is 0 Å². The zero-order valence-electron chi connectivity index (χ0n) is 11.8. The Labute approximate surface area is 111 Å². The molecule has 1 aliphatic carbocycles. The third-order valence-corrected chi connectivity index (χ3v) is 4.44. The van der Waals surface area contributed by atoms with Crippen LogP contribution in [-0.2, 0) is 0 Å². The molecule has 2 aliphatic rings. The number of rotatable bonds is 1. The van der Waals surface area contributed by atoms with Crippen molar-refractivity contribution in [3.8, 4) is 0 Å². The molecule has 0 aromatic carbocycles. The zero-order chi connectivity index (χ0) is 12.8. The number of hydrogen-bond acceptors (Lipinski definition) is 1. The zero-order valence-corrected chi connectivity index (χ0v) is 12.7. The van der Waals surface area contributed by atoms with Gasteiger partial charge in [-0.3, -0.25) is 0 Å². The minimum absolute atomic E-state index is 0.434. The van der Waals surface area contributed by atoms with Gasteiger partial charge in [-0.05, 0) is 56.2 Å². The van der Waals surface area contributed by atoms with Crippen LogP contribution in [0.3, 0.4) is 0 Å². The van der Waals surface area contributed by atoms with Crippen LogP contribution in [0.15, 0.2) is 0 Å². The van der Waals surface area contributed by atoms with Crippen LogP contribution in [-0.4, -0.2) is 28.6 Å². The van der Waals surface area contributed by atoms with Crippen molar-refractivity contribution >= 4 is 17.3 Å². The maximum atomic E-state index is 5.55. The molecule has 0 radical (unpaired) electrons. The molecule has 1 aliphatic heterocycles. The molecule has 2 unspecified atom stereocenters. The van der Waals surface area contributed by atoms with Crippen LogP contribution >= 0.6 is 12.2 Å². The first-order valence-electron chi connectivity index (χ1n) is 6.78. The van der Waals surface area contributed by atoms with Gasteiger partial charge in [0.2, 0.25) is 0 Å². The molecule has 3 heteroatoms. The van der Waals surface area contributed by atoms with Gasteiger partial charge in [0, 0.05) is 18.6 Å². The van der Waals surface area contributed by atoms with E-state index in [0.29, 0.717) is 22.9 Å². The first kappa shape index (κ1) is 13.1. The standard InChI is InChI=1S/C14H26N2S/c1-10(2)15-12(17)16-9-14(5)7-11(16)6-13(3,4)8-14/h10-11H,6-9H2,1-5H3,(H,15,17). The SMILES string of the molecule is CC(C)NC(=S)N1CC2(C)CC1CC(C)(C)C2. The Kier molecular flexibility index (Phi) is 3.18. The summed E-state index contributed by atoms with van der Waals surface area (Å²) in [6.07, 6.45) is 3.93. The van der Waals surface area contributed by atoms with Crippen molar-refractivity contribution in [2.75, 3.05) is 6.54 Å². The molecule has 2 atom stereocenters. The molecule has 2 fully saturated rings. The van der Waals surface area contributed by atoms with Crippen molar-refractivity contribution in [2.45, 2.75) is 66.0 Å². The molecule has 1 heterocycles. The monoisotopic (exact) mass is 254 g/mol. The number of nitrogens with zero attached hydrogens (tertiary/aromatic N) is 1. The summed E-state index contributed by atoms with van der Waals surface area (Å²) < 4.78 is 0. The summed E-state index contributed by atoms with van der Waals surface area (Å²) in [5, 5.41) is 4.36. The van der Waals surface area contributed by atoms with Gasteiger partial charge >= 0.3 is 0 Å². The highest BCUT2D eigenvalue weighted by Gasteiger charge is 2.50. The van der Waals surface area contributed by atoms with Crippen LogP contribution in [0.2, 0.25) is 0 Å². The fourth-order valence-corrected chi connectivity index (χ4v) is 4.48. The van der Waals surface area contributed by atoms with Gasteiger partial charge in [-0.2, -0.15) is 0 Å². The molecule has 1 saturated carbocycles. The molecule has 0 aromatic rings. The Hall–Kier alpha value is -0.310. The van der Waals surface area contributed by atoms with Crippen LogP contribution in [0.5, 0.6) is 0 Å². The molecular formula is C14H26N2S. The lowest BCUT2D eigenvalue weighted by molar-refractivity contribution is 0.132. The molecule has 1 N–H and O–H groups in total. The normalized spacial score (nSPS) is 35.2. The van der Waals surface area contributed by atoms with Gasteiger partial charge in [0.15, 0.2) is 5.11 Å². The van der Waals surface area contributed by atoms with E-state index in [9.17, 15) is 0 Å². The van der Waals surface area contributed by atoms with Gasteiger partial charge in [-0.15, -0.1) is 0 Å². The fourth-order valence-electron chi connectivity index (χ4n) is 4.03. The van der Waals surface area contributed by atoms with E-state index in [2.05, 4.69) is 44.8 Å². The lowest BCUT2D eigenvalue weighted by Gasteiger charge is -2.39. The van der Waals surface area contributed by atoms with E-state index in [0.717, 1.165) is 11.7 Å². The van der Waals surface area contributed by atoms with Crippen molar-refractivity contribution in [2.24, 2.45) is 10.8 Å². The molecule has 0 aromatic heterocycles. The lowest BCUT2D eigenvalue weighted by Crippen LogP contribution is -2.45. The minimum Gasteiger partial charge on any atom is -0.360 e. The van der Waals surface area contributed by atoms with E-state index in [1.807, 2.05) is 0 Å². The van der Waals surface area contributed by atoms with Crippen molar-refractivity contribution in [1.29, 1.82) is 0 Å². The maximum Gasteiger partial charge on any atom is 0.169 e. The molecule has 2 nitrogen and oxygen atoms in total. The summed E-state index contributed by atoms with van der Waals surface area (Å²) in [5.41, 5.74) is 0.939. The highest BCUT2D eigenvalue weighted by Crippen LogP contribution is 2.52. The van der Waals surface area contributed by atoms with E-state index >= 15 is 0 Å². The fraction of sp³-hybridized carbons (Fsp3) is 0.929. The predicted octanol–water partition coefficient (Wildman–Crippen LogP) is 3.17. The third kappa shape index (κ3) is 2.75. The van der Waals surface area contributed by atoms with Crippen LogP contribution < -0.4 is 5.32 Å². The Morgan fingerprint density at radius 3 is 2.53 bits per heavy atom. The molecule has 98 valence electrons. The lowest BCUT2D eigenvalue weighted by atomic mass is 9.65. The largest absolute Gasteiger partial charge is 0.360 e. The third-order valence-electron chi connectivity index (χ3n) is 4.09. The van der Waals surface area contributed by atoms with Crippen molar-refractivity contribution < 1.29 is 0 Å². The topological polar surface area (TPSA) is 15.3 Å². The molecule has 2 rings (SSSR count).